The number of pyridine rings is 1. The van der Waals surface area contributed by atoms with Crippen LogP contribution >= 0.6 is 0 Å². The van der Waals surface area contributed by atoms with E-state index in [1.807, 2.05) is 6.07 Å². The number of nitrogens with one attached hydrogen (secondary N) is 1. The van der Waals surface area contributed by atoms with Gasteiger partial charge in [0.25, 0.3) is 0 Å². The maximum atomic E-state index is 12.3. The topological polar surface area (TPSA) is 107 Å². The molecule has 0 radical (unpaired) electrons. The highest BCUT2D eigenvalue weighted by Crippen LogP contribution is 2.31. The zero-order chi connectivity index (χ0) is 18.4. The third kappa shape index (κ3) is 4.07. The first kappa shape index (κ1) is 18.0. The number of carbonyl (C=O) groups excluding carboxylic acids is 2. The molecule has 8 nitrogen and oxygen atoms in total. The van der Waals surface area contributed by atoms with E-state index in [0.29, 0.717) is 37.6 Å². The summed E-state index contributed by atoms with van der Waals surface area (Å²) in [6.45, 7) is 2.06. The van der Waals surface area contributed by atoms with Gasteiger partial charge in [-0.2, -0.15) is 4.98 Å². The summed E-state index contributed by atoms with van der Waals surface area (Å²) in [5.74, 6) is 0.242. The first-order chi connectivity index (χ1) is 12.6. The molecule has 0 bridgehead atoms. The molecule has 1 fully saturated rings. The highest BCUT2D eigenvalue weighted by Gasteiger charge is 2.43. The lowest BCUT2D eigenvalue weighted by Crippen LogP contribution is -2.53. The largest absolute Gasteiger partial charge is 0.464 e. The van der Waals surface area contributed by atoms with E-state index in [4.69, 9.17) is 9.26 Å². The molecular weight excluding hydrogens is 336 g/mol. The van der Waals surface area contributed by atoms with Crippen molar-refractivity contribution in [3.8, 4) is 11.4 Å². The van der Waals surface area contributed by atoms with Gasteiger partial charge >= 0.3 is 5.97 Å². The molecule has 0 saturated heterocycles. The van der Waals surface area contributed by atoms with Crippen LogP contribution in [0.1, 0.15) is 44.9 Å². The molecule has 1 aliphatic carbocycles. The first-order valence-corrected chi connectivity index (χ1v) is 8.84. The Morgan fingerprint density at radius 1 is 1.35 bits per heavy atom. The van der Waals surface area contributed by atoms with E-state index in [-0.39, 0.29) is 18.3 Å². The summed E-state index contributed by atoms with van der Waals surface area (Å²) in [5, 5.41) is 6.77. The van der Waals surface area contributed by atoms with E-state index in [1.165, 1.54) is 0 Å². The third-order valence-electron chi connectivity index (χ3n) is 4.46. The maximum absolute atomic E-state index is 12.3. The Labute approximate surface area is 151 Å². The van der Waals surface area contributed by atoms with Crippen LogP contribution in [0.4, 0.5) is 0 Å². The summed E-state index contributed by atoms with van der Waals surface area (Å²) >= 11 is 0. The van der Waals surface area contributed by atoms with Crippen molar-refractivity contribution in [3.05, 3.63) is 30.4 Å². The van der Waals surface area contributed by atoms with Gasteiger partial charge in [-0.25, -0.2) is 4.79 Å². The monoisotopic (exact) mass is 358 g/mol. The molecule has 138 valence electrons. The predicted octanol–water partition coefficient (Wildman–Crippen LogP) is 2.06. The molecule has 0 spiro atoms. The highest BCUT2D eigenvalue weighted by atomic mass is 16.5. The Kier molecular flexibility index (Phi) is 5.60. The average molecular weight is 358 g/mol. The minimum atomic E-state index is -0.886. The summed E-state index contributed by atoms with van der Waals surface area (Å²) in [6, 6.07) is 3.62. The van der Waals surface area contributed by atoms with Crippen LogP contribution in [0.25, 0.3) is 11.4 Å². The van der Waals surface area contributed by atoms with Crippen LogP contribution in [0.5, 0.6) is 0 Å². The zero-order valence-electron chi connectivity index (χ0n) is 14.7. The second-order valence-electron chi connectivity index (χ2n) is 6.31. The van der Waals surface area contributed by atoms with Gasteiger partial charge in [0.1, 0.15) is 5.54 Å². The molecule has 0 unspecified atom stereocenters. The predicted molar refractivity (Wildman–Crippen MR) is 91.8 cm³/mol. The average Bonchev–Trinajstić information content (AvgIpc) is 3.31. The molecule has 0 atom stereocenters. The zero-order valence-corrected chi connectivity index (χ0v) is 14.7. The molecule has 0 aromatic carbocycles. The van der Waals surface area contributed by atoms with Crippen LogP contribution in [0.3, 0.4) is 0 Å². The number of aromatic nitrogens is 3. The lowest BCUT2D eigenvalue weighted by molar-refractivity contribution is -0.153. The molecule has 2 heterocycles. The van der Waals surface area contributed by atoms with Gasteiger partial charge < -0.3 is 14.6 Å². The summed E-state index contributed by atoms with van der Waals surface area (Å²) in [6.07, 6.45) is 6.80. The SMILES string of the molecule is CCOC(=O)C1(NC(=O)CCc2nc(-c3cccnc3)no2)CCCC1. The van der Waals surface area contributed by atoms with Crippen molar-refractivity contribution in [2.45, 2.75) is 51.0 Å². The van der Waals surface area contributed by atoms with E-state index in [1.54, 1.807) is 25.4 Å². The number of rotatable bonds is 7. The van der Waals surface area contributed by atoms with Gasteiger partial charge in [0.2, 0.25) is 17.6 Å². The Hall–Kier alpha value is -2.77. The summed E-state index contributed by atoms with van der Waals surface area (Å²) in [4.78, 5) is 32.9. The van der Waals surface area contributed by atoms with Crippen molar-refractivity contribution in [1.82, 2.24) is 20.4 Å². The van der Waals surface area contributed by atoms with Crippen LogP contribution < -0.4 is 5.32 Å². The Morgan fingerprint density at radius 3 is 2.85 bits per heavy atom. The van der Waals surface area contributed by atoms with Gasteiger partial charge in [-0.05, 0) is 31.9 Å². The van der Waals surface area contributed by atoms with E-state index in [0.717, 1.165) is 18.4 Å². The van der Waals surface area contributed by atoms with Crippen molar-refractivity contribution in [2.75, 3.05) is 6.61 Å². The maximum Gasteiger partial charge on any atom is 0.331 e. The van der Waals surface area contributed by atoms with Gasteiger partial charge in [0, 0.05) is 30.8 Å². The molecule has 2 aromatic heterocycles. The molecule has 1 N–H and O–H groups in total. The van der Waals surface area contributed by atoms with Crippen LogP contribution in [-0.2, 0) is 20.7 Å². The third-order valence-corrected chi connectivity index (χ3v) is 4.46. The normalized spacial score (nSPS) is 15.6. The van der Waals surface area contributed by atoms with Gasteiger partial charge in [0.05, 0.1) is 6.61 Å². The van der Waals surface area contributed by atoms with Crippen molar-refractivity contribution in [3.63, 3.8) is 0 Å². The van der Waals surface area contributed by atoms with Crippen molar-refractivity contribution < 1.29 is 18.8 Å². The molecule has 0 aliphatic heterocycles. The fraction of sp³-hybridized carbons (Fsp3) is 0.500. The first-order valence-electron chi connectivity index (χ1n) is 8.84. The molecule has 1 aliphatic rings. The number of amides is 1. The number of hydrogen-bond acceptors (Lipinski definition) is 7. The van der Waals surface area contributed by atoms with Crippen LogP contribution in [0.15, 0.2) is 29.0 Å². The summed E-state index contributed by atoms with van der Waals surface area (Å²) in [5.41, 5.74) is -0.137. The smallest absolute Gasteiger partial charge is 0.331 e. The van der Waals surface area contributed by atoms with Crippen molar-refractivity contribution >= 4 is 11.9 Å². The van der Waals surface area contributed by atoms with Gasteiger partial charge in [0.15, 0.2) is 0 Å². The standard InChI is InChI=1S/C18H22N4O4/c1-2-25-17(24)18(9-3-4-10-18)21-14(23)7-8-15-20-16(22-26-15)13-6-5-11-19-12-13/h5-6,11-12H,2-4,7-10H2,1H3,(H,21,23). The van der Waals surface area contributed by atoms with Crippen LogP contribution in [0, 0.1) is 0 Å². The number of carbonyl (C=O) groups is 2. The van der Waals surface area contributed by atoms with Crippen molar-refractivity contribution in [1.29, 1.82) is 0 Å². The number of esters is 1. The van der Waals surface area contributed by atoms with Crippen molar-refractivity contribution in [2.24, 2.45) is 0 Å². The van der Waals surface area contributed by atoms with E-state index >= 15 is 0 Å². The van der Waals surface area contributed by atoms with E-state index < -0.39 is 5.54 Å². The summed E-state index contributed by atoms with van der Waals surface area (Å²) < 4.78 is 10.3. The molecule has 8 heteroatoms. The molecule has 26 heavy (non-hydrogen) atoms. The fourth-order valence-corrected chi connectivity index (χ4v) is 3.15. The van der Waals surface area contributed by atoms with Crippen LogP contribution in [0.2, 0.25) is 0 Å². The second kappa shape index (κ2) is 8.07. The van der Waals surface area contributed by atoms with Gasteiger partial charge in [-0.15, -0.1) is 0 Å². The van der Waals surface area contributed by atoms with Crippen LogP contribution in [-0.4, -0.2) is 39.1 Å². The number of nitrogens with zero attached hydrogens (tertiary/aromatic N) is 3. The minimum absolute atomic E-state index is 0.163. The molecule has 3 rings (SSSR count). The fourth-order valence-electron chi connectivity index (χ4n) is 3.15. The second-order valence-corrected chi connectivity index (χ2v) is 6.31. The Balaban J connectivity index is 1.57. The molecule has 1 amide bonds. The van der Waals surface area contributed by atoms with Gasteiger partial charge in [-0.3, -0.25) is 9.78 Å². The number of hydrogen-bond donors (Lipinski definition) is 1. The number of aryl methyl sites for hydroxylation is 1. The molecular formula is C18H22N4O4. The Morgan fingerprint density at radius 2 is 2.15 bits per heavy atom. The Bertz CT molecular complexity index is 754. The quantitative estimate of drug-likeness (QED) is 0.755. The molecule has 2 aromatic rings. The van der Waals surface area contributed by atoms with Gasteiger partial charge in [-0.1, -0.05) is 18.0 Å². The minimum Gasteiger partial charge on any atom is -0.464 e. The number of ether oxygens (including phenoxy) is 1. The molecule has 1 saturated carbocycles. The van der Waals surface area contributed by atoms with E-state index in [9.17, 15) is 9.59 Å². The highest BCUT2D eigenvalue weighted by molar-refractivity contribution is 5.88. The lowest BCUT2D eigenvalue weighted by Gasteiger charge is -2.27. The lowest BCUT2D eigenvalue weighted by atomic mass is 9.97. The summed E-state index contributed by atoms with van der Waals surface area (Å²) in [7, 11) is 0. The van der Waals surface area contributed by atoms with E-state index in [2.05, 4.69) is 20.4 Å².